The minimum Gasteiger partial charge on any atom is -0.466 e. The van der Waals surface area contributed by atoms with Crippen molar-refractivity contribution < 1.29 is 9.53 Å². The Kier molecular flexibility index (Phi) is 5.52. The van der Waals surface area contributed by atoms with Crippen molar-refractivity contribution in [1.82, 2.24) is 0 Å². The molecule has 0 saturated heterocycles. The number of benzene rings is 1. The number of esters is 1. The number of ether oxygens (including phenoxy) is 1. The van der Waals surface area contributed by atoms with Crippen LogP contribution in [0.1, 0.15) is 31.7 Å². The summed E-state index contributed by atoms with van der Waals surface area (Å²) in [4.78, 5) is 11.2. The highest BCUT2D eigenvalue weighted by Gasteiger charge is 2.01. The van der Waals surface area contributed by atoms with Gasteiger partial charge < -0.3 is 4.74 Å². The molecule has 1 rings (SSSR count). The number of carbonyl (C=O) groups is 1. The fourth-order valence-corrected chi connectivity index (χ4v) is 1.37. The van der Waals surface area contributed by atoms with Gasteiger partial charge >= 0.3 is 5.97 Å². The Labute approximate surface area is 91.3 Å². The Balaban J connectivity index is 2.14. The molecule has 0 fully saturated rings. The van der Waals surface area contributed by atoms with Crippen LogP contribution in [0.15, 0.2) is 30.3 Å². The van der Waals surface area contributed by atoms with Gasteiger partial charge in [-0.05, 0) is 24.8 Å². The zero-order valence-electron chi connectivity index (χ0n) is 9.24. The molecule has 0 aliphatic heterocycles. The van der Waals surface area contributed by atoms with Gasteiger partial charge in [0.05, 0.1) is 6.61 Å². The summed E-state index contributed by atoms with van der Waals surface area (Å²) in [6.45, 7) is 2.54. The molecule has 1 aromatic carbocycles. The molecule has 0 aliphatic rings. The van der Waals surface area contributed by atoms with Crippen LogP contribution in [0.25, 0.3) is 0 Å². The van der Waals surface area contributed by atoms with Crippen LogP contribution in [0.2, 0.25) is 0 Å². The number of rotatable bonds is 6. The summed E-state index contributed by atoms with van der Waals surface area (Å²) in [5.74, 6) is -0.0761. The zero-order valence-corrected chi connectivity index (χ0v) is 9.24. The van der Waals surface area contributed by atoms with Crippen LogP contribution in [-0.2, 0) is 16.0 Å². The topological polar surface area (TPSA) is 26.3 Å². The largest absolute Gasteiger partial charge is 0.466 e. The van der Waals surface area contributed by atoms with Crippen LogP contribution < -0.4 is 0 Å². The molecule has 0 spiro atoms. The maximum Gasteiger partial charge on any atom is 0.305 e. The fourth-order valence-electron chi connectivity index (χ4n) is 1.37. The molecular weight excluding hydrogens is 188 g/mol. The third kappa shape index (κ3) is 5.21. The summed E-state index contributed by atoms with van der Waals surface area (Å²) in [6.07, 6.45) is 3.23. The lowest BCUT2D eigenvalue weighted by Crippen LogP contribution is -2.05. The van der Waals surface area contributed by atoms with Gasteiger partial charge in [-0.1, -0.05) is 37.3 Å². The summed E-state index contributed by atoms with van der Waals surface area (Å²) in [5.41, 5.74) is 1.28. The molecule has 82 valence electrons. The minimum atomic E-state index is -0.0761. The summed E-state index contributed by atoms with van der Waals surface area (Å²) >= 11 is 0. The van der Waals surface area contributed by atoms with E-state index in [4.69, 9.17) is 4.74 Å². The van der Waals surface area contributed by atoms with Crippen LogP contribution in [-0.4, -0.2) is 12.6 Å². The molecule has 2 nitrogen and oxygen atoms in total. The lowest BCUT2D eigenvalue weighted by Gasteiger charge is -2.03. The molecule has 0 heterocycles. The summed E-state index contributed by atoms with van der Waals surface area (Å²) in [6, 6.07) is 10.2. The molecule has 0 bridgehead atoms. The van der Waals surface area contributed by atoms with E-state index in [0.29, 0.717) is 13.0 Å². The van der Waals surface area contributed by atoms with Gasteiger partial charge in [0.1, 0.15) is 0 Å². The van der Waals surface area contributed by atoms with E-state index < -0.39 is 0 Å². The third-order valence-electron chi connectivity index (χ3n) is 2.16. The van der Waals surface area contributed by atoms with E-state index in [-0.39, 0.29) is 5.97 Å². The molecular formula is C13H18O2. The standard InChI is InChI=1S/C13H18O2/c1-2-11-15-13(14)10-6-9-12-7-4-3-5-8-12/h3-5,7-8H,2,6,9-11H2,1H3. The van der Waals surface area contributed by atoms with E-state index in [1.54, 1.807) is 0 Å². The summed E-state index contributed by atoms with van der Waals surface area (Å²) in [5, 5.41) is 0. The SMILES string of the molecule is CCCOC(=O)CCCc1ccccc1. The Morgan fingerprint density at radius 2 is 2.00 bits per heavy atom. The maximum absolute atomic E-state index is 11.2. The summed E-state index contributed by atoms with van der Waals surface area (Å²) < 4.78 is 4.99. The molecule has 0 aromatic heterocycles. The maximum atomic E-state index is 11.2. The van der Waals surface area contributed by atoms with Crippen molar-refractivity contribution in [3.8, 4) is 0 Å². The first kappa shape index (κ1) is 11.8. The van der Waals surface area contributed by atoms with Crippen molar-refractivity contribution >= 4 is 5.97 Å². The van der Waals surface area contributed by atoms with Crippen molar-refractivity contribution in [2.45, 2.75) is 32.6 Å². The molecule has 0 saturated carbocycles. The highest BCUT2D eigenvalue weighted by Crippen LogP contribution is 2.05. The van der Waals surface area contributed by atoms with Crippen LogP contribution in [0.4, 0.5) is 0 Å². The van der Waals surface area contributed by atoms with Gasteiger partial charge in [-0.2, -0.15) is 0 Å². The second-order valence-corrected chi connectivity index (χ2v) is 3.56. The van der Waals surface area contributed by atoms with Gasteiger partial charge in [-0.15, -0.1) is 0 Å². The van der Waals surface area contributed by atoms with Gasteiger partial charge in [0.2, 0.25) is 0 Å². The van der Waals surface area contributed by atoms with Gasteiger partial charge in [-0.3, -0.25) is 4.79 Å². The number of aryl methyl sites for hydroxylation is 1. The highest BCUT2D eigenvalue weighted by atomic mass is 16.5. The highest BCUT2D eigenvalue weighted by molar-refractivity contribution is 5.69. The lowest BCUT2D eigenvalue weighted by molar-refractivity contribution is -0.143. The van der Waals surface area contributed by atoms with Crippen molar-refractivity contribution in [2.75, 3.05) is 6.61 Å². The Morgan fingerprint density at radius 1 is 1.27 bits per heavy atom. The molecule has 0 atom stereocenters. The Morgan fingerprint density at radius 3 is 2.67 bits per heavy atom. The van der Waals surface area contributed by atoms with E-state index in [1.807, 2.05) is 25.1 Å². The molecule has 0 unspecified atom stereocenters. The first-order valence-corrected chi connectivity index (χ1v) is 5.52. The predicted molar refractivity (Wildman–Crippen MR) is 60.6 cm³/mol. The van der Waals surface area contributed by atoms with Gasteiger partial charge in [0.25, 0.3) is 0 Å². The van der Waals surface area contributed by atoms with Crippen molar-refractivity contribution in [3.63, 3.8) is 0 Å². The molecule has 0 N–H and O–H groups in total. The molecule has 1 aromatic rings. The molecule has 2 heteroatoms. The van der Waals surface area contributed by atoms with Crippen LogP contribution in [0.3, 0.4) is 0 Å². The van der Waals surface area contributed by atoms with Gasteiger partial charge in [0.15, 0.2) is 0 Å². The smallest absolute Gasteiger partial charge is 0.305 e. The van der Waals surface area contributed by atoms with Crippen LogP contribution in [0.5, 0.6) is 0 Å². The predicted octanol–water partition coefficient (Wildman–Crippen LogP) is 2.96. The van der Waals surface area contributed by atoms with E-state index >= 15 is 0 Å². The zero-order chi connectivity index (χ0) is 10.9. The van der Waals surface area contributed by atoms with E-state index in [1.165, 1.54) is 5.56 Å². The van der Waals surface area contributed by atoms with E-state index in [9.17, 15) is 4.79 Å². The van der Waals surface area contributed by atoms with Crippen molar-refractivity contribution in [3.05, 3.63) is 35.9 Å². The number of hydrogen-bond acceptors (Lipinski definition) is 2. The van der Waals surface area contributed by atoms with Gasteiger partial charge in [-0.25, -0.2) is 0 Å². The number of hydrogen-bond donors (Lipinski definition) is 0. The van der Waals surface area contributed by atoms with E-state index in [2.05, 4.69) is 12.1 Å². The third-order valence-corrected chi connectivity index (χ3v) is 2.16. The van der Waals surface area contributed by atoms with Crippen LogP contribution >= 0.6 is 0 Å². The van der Waals surface area contributed by atoms with E-state index in [0.717, 1.165) is 19.3 Å². The van der Waals surface area contributed by atoms with Crippen molar-refractivity contribution in [1.29, 1.82) is 0 Å². The Hall–Kier alpha value is -1.31. The average Bonchev–Trinajstić information content (AvgIpc) is 2.28. The second-order valence-electron chi connectivity index (χ2n) is 3.56. The molecule has 15 heavy (non-hydrogen) atoms. The van der Waals surface area contributed by atoms with Crippen molar-refractivity contribution in [2.24, 2.45) is 0 Å². The quantitative estimate of drug-likeness (QED) is 0.669. The summed E-state index contributed by atoms with van der Waals surface area (Å²) in [7, 11) is 0. The monoisotopic (exact) mass is 206 g/mol. The van der Waals surface area contributed by atoms with Gasteiger partial charge in [0, 0.05) is 6.42 Å². The number of carbonyl (C=O) groups excluding carboxylic acids is 1. The first-order valence-electron chi connectivity index (χ1n) is 5.52. The Bertz CT molecular complexity index is 280. The van der Waals surface area contributed by atoms with Crippen LogP contribution in [0, 0.1) is 0 Å². The molecule has 0 amide bonds. The normalized spacial score (nSPS) is 9.93. The average molecular weight is 206 g/mol. The fraction of sp³-hybridized carbons (Fsp3) is 0.462. The minimum absolute atomic E-state index is 0.0761. The molecule has 0 aliphatic carbocycles. The first-order chi connectivity index (χ1) is 7.33. The molecule has 0 radical (unpaired) electrons. The lowest BCUT2D eigenvalue weighted by atomic mass is 10.1. The second kappa shape index (κ2) is 7.04.